The number of rotatable bonds is 9. The molecular formula is C28H25NO5. The van der Waals surface area contributed by atoms with Gasteiger partial charge in [0.15, 0.2) is 17.3 Å². The second-order valence-corrected chi connectivity index (χ2v) is 7.46. The van der Waals surface area contributed by atoms with Crippen molar-refractivity contribution >= 4 is 22.8 Å². The number of methoxy groups -OCH3 is 3. The summed E-state index contributed by atoms with van der Waals surface area (Å²) in [6, 6.07) is 20.5. The first-order chi connectivity index (χ1) is 16.6. The molecule has 0 aliphatic heterocycles. The van der Waals surface area contributed by atoms with Gasteiger partial charge in [-0.3, -0.25) is 9.78 Å². The van der Waals surface area contributed by atoms with Crippen molar-refractivity contribution in [2.24, 2.45) is 0 Å². The van der Waals surface area contributed by atoms with Crippen molar-refractivity contribution < 1.29 is 23.7 Å². The zero-order valence-corrected chi connectivity index (χ0v) is 19.3. The van der Waals surface area contributed by atoms with Crippen molar-refractivity contribution in [3.63, 3.8) is 0 Å². The summed E-state index contributed by atoms with van der Waals surface area (Å²) in [5, 5.41) is 1.01. The van der Waals surface area contributed by atoms with Crippen LogP contribution in [0.4, 0.5) is 0 Å². The minimum absolute atomic E-state index is 0.142. The van der Waals surface area contributed by atoms with Gasteiger partial charge < -0.3 is 18.9 Å². The molecular weight excluding hydrogens is 430 g/mol. The number of ketones is 1. The molecule has 4 aromatic rings. The third kappa shape index (κ3) is 5.02. The zero-order valence-electron chi connectivity index (χ0n) is 19.3. The average molecular weight is 456 g/mol. The molecule has 3 aromatic carbocycles. The van der Waals surface area contributed by atoms with Crippen LogP contribution < -0.4 is 18.9 Å². The molecule has 0 aliphatic rings. The molecule has 0 spiro atoms. The average Bonchev–Trinajstić information content (AvgIpc) is 2.90. The number of benzene rings is 3. The lowest BCUT2D eigenvalue weighted by molar-refractivity contribution is 0.104. The number of hydrogen-bond donors (Lipinski definition) is 0. The van der Waals surface area contributed by atoms with Gasteiger partial charge in [0.2, 0.25) is 0 Å². The van der Waals surface area contributed by atoms with Gasteiger partial charge in [-0.15, -0.1) is 0 Å². The Labute approximate surface area is 198 Å². The molecule has 34 heavy (non-hydrogen) atoms. The summed E-state index contributed by atoms with van der Waals surface area (Å²) in [5.41, 5.74) is 3.02. The van der Waals surface area contributed by atoms with Crippen LogP contribution in [0.15, 0.2) is 79.0 Å². The van der Waals surface area contributed by atoms with Crippen molar-refractivity contribution in [3.05, 3.63) is 95.7 Å². The number of nitrogens with zero attached hydrogens (tertiary/aromatic N) is 1. The number of pyridine rings is 1. The first kappa shape index (κ1) is 22.9. The molecule has 0 atom stereocenters. The molecule has 0 saturated heterocycles. The maximum absolute atomic E-state index is 12.7. The van der Waals surface area contributed by atoms with Gasteiger partial charge in [0.1, 0.15) is 23.6 Å². The van der Waals surface area contributed by atoms with Crippen LogP contribution in [0, 0.1) is 0 Å². The third-order valence-corrected chi connectivity index (χ3v) is 5.38. The molecule has 6 heteroatoms. The van der Waals surface area contributed by atoms with E-state index in [1.807, 2.05) is 48.5 Å². The third-order valence-electron chi connectivity index (χ3n) is 5.38. The molecule has 0 saturated carbocycles. The topological polar surface area (TPSA) is 66.9 Å². The van der Waals surface area contributed by atoms with Gasteiger partial charge >= 0.3 is 0 Å². The molecule has 0 unspecified atom stereocenters. The fourth-order valence-electron chi connectivity index (χ4n) is 3.62. The molecule has 4 rings (SSSR count). The van der Waals surface area contributed by atoms with E-state index in [9.17, 15) is 4.79 Å². The first-order valence-electron chi connectivity index (χ1n) is 10.7. The lowest BCUT2D eigenvalue weighted by Gasteiger charge is -2.12. The molecule has 0 radical (unpaired) electrons. The molecule has 1 heterocycles. The maximum atomic E-state index is 12.7. The second-order valence-electron chi connectivity index (χ2n) is 7.46. The van der Waals surface area contributed by atoms with Gasteiger partial charge in [0.05, 0.1) is 21.3 Å². The summed E-state index contributed by atoms with van der Waals surface area (Å²) < 4.78 is 22.1. The van der Waals surface area contributed by atoms with Crippen LogP contribution in [0.5, 0.6) is 23.0 Å². The van der Waals surface area contributed by atoms with E-state index in [0.717, 1.165) is 22.0 Å². The SMILES string of the molecule is COc1ccc(/C=C/C(=O)c2ccc(OC)c(OC)c2)cc1COc1cccc2cccnc12. The lowest BCUT2D eigenvalue weighted by atomic mass is 10.1. The number of aromatic nitrogens is 1. The maximum Gasteiger partial charge on any atom is 0.185 e. The van der Waals surface area contributed by atoms with Crippen molar-refractivity contribution in [1.29, 1.82) is 0 Å². The van der Waals surface area contributed by atoms with Crippen molar-refractivity contribution in [1.82, 2.24) is 4.98 Å². The summed E-state index contributed by atoms with van der Waals surface area (Å²) >= 11 is 0. The van der Waals surface area contributed by atoms with E-state index in [0.29, 0.717) is 35.2 Å². The van der Waals surface area contributed by atoms with Crippen LogP contribution in [0.25, 0.3) is 17.0 Å². The Morgan fingerprint density at radius 1 is 0.824 bits per heavy atom. The molecule has 0 bridgehead atoms. The van der Waals surface area contributed by atoms with Crippen LogP contribution in [-0.4, -0.2) is 32.1 Å². The minimum atomic E-state index is -0.142. The molecule has 6 nitrogen and oxygen atoms in total. The normalized spacial score (nSPS) is 10.9. The Morgan fingerprint density at radius 3 is 2.38 bits per heavy atom. The number of ether oxygens (including phenoxy) is 4. The smallest absolute Gasteiger partial charge is 0.185 e. The summed E-state index contributed by atoms with van der Waals surface area (Å²) in [4.78, 5) is 17.1. The Balaban J connectivity index is 1.53. The Kier molecular flexibility index (Phi) is 7.08. The second kappa shape index (κ2) is 10.5. The van der Waals surface area contributed by atoms with E-state index >= 15 is 0 Å². The van der Waals surface area contributed by atoms with Gasteiger partial charge in [0.25, 0.3) is 0 Å². The van der Waals surface area contributed by atoms with Gasteiger partial charge in [-0.1, -0.05) is 30.3 Å². The predicted octanol–water partition coefficient (Wildman–Crippen LogP) is 5.74. The monoisotopic (exact) mass is 455 g/mol. The Hall–Kier alpha value is -4.32. The van der Waals surface area contributed by atoms with Gasteiger partial charge in [-0.25, -0.2) is 0 Å². The van der Waals surface area contributed by atoms with Crippen molar-refractivity contribution in [2.75, 3.05) is 21.3 Å². The van der Waals surface area contributed by atoms with Gasteiger partial charge in [0, 0.05) is 22.7 Å². The van der Waals surface area contributed by atoms with E-state index in [-0.39, 0.29) is 5.78 Å². The summed E-state index contributed by atoms with van der Waals surface area (Å²) in [7, 11) is 4.71. The van der Waals surface area contributed by atoms with Crippen LogP contribution in [0.3, 0.4) is 0 Å². The molecule has 1 aromatic heterocycles. The van der Waals surface area contributed by atoms with Crippen molar-refractivity contribution in [3.8, 4) is 23.0 Å². The lowest BCUT2D eigenvalue weighted by Crippen LogP contribution is -2.00. The number of carbonyl (C=O) groups excluding carboxylic acids is 1. The van der Waals surface area contributed by atoms with Crippen LogP contribution >= 0.6 is 0 Å². The standard InChI is InChI=1S/C28H25NO5/c1-31-24-13-10-19(9-12-23(30)21-11-14-25(32-2)27(17-21)33-3)16-22(24)18-34-26-8-4-6-20-7-5-15-29-28(20)26/h4-17H,18H2,1-3H3/b12-9+. The number of para-hydroxylation sites is 1. The molecule has 0 amide bonds. The summed E-state index contributed by atoms with van der Waals surface area (Å²) in [6.45, 7) is 0.296. The number of fused-ring (bicyclic) bond motifs is 1. The molecule has 0 N–H and O–H groups in total. The molecule has 0 fully saturated rings. The first-order valence-corrected chi connectivity index (χ1v) is 10.7. The number of carbonyl (C=O) groups is 1. The predicted molar refractivity (Wildman–Crippen MR) is 132 cm³/mol. The fraction of sp³-hybridized carbons (Fsp3) is 0.143. The number of allylic oxidation sites excluding steroid dienone is 1. The summed E-state index contributed by atoms with van der Waals surface area (Å²) in [6.07, 6.45) is 5.04. The Morgan fingerprint density at radius 2 is 1.59 bits per heavy atom. The molecule has 0 aliphatic carbocycles. The van der Waals surface area contributed by atoms with E-state index in [1.54, 1.807) is 44.7 Å². The van der Waals surface area contributed by atoms with E-state index in [2.05, 4.69) is 4.98 Å². The highest BCUT2D eigenvalue weighted by Crippen LogP contribution is 2.29. The Bertz CT molecular complexity index is 1340. The highest BCUT2D eigenvalue weighted by Gasteiger charge is 2.10. The van der Waals surface area contributed by atoms with E-state index in [1.165, 1.54) is 13.2 Å². The minimum Gasteiger partial charge on any atom is -0.496 e. The van der Waals surface area contributed by atoms with Crippen LogP contribution in [0.2, 0.25) is 0 Å². The van der Waals surface area contributed by atoms with Crippen LogP contribution in [-0.2, 0) is 6.61 Å². The summed E-state index contributed by atoms with van der Waals surface area (Å²) in [5.74, 6) is 2.34. The van der Waals surface area contributed by atoms with Crippen molar-refractivity contribution in [2.45, 2.75) is 6.61 Å². The number of hydrogen-bond acceptors (Lipinski definition) is 6. The van der Waals surface area contributed by atoms with Gasteiger partial charge in [-0.2, -0.15) is 0 Å². The zero-order chi connectivity index (χ0) is 23.9. The largest absolute Gasteiger partial charge is 0.496 e. The van der Waals surface area contributed by atoms with Crippen LogP contribution in [0.1, 0.15) is 21.5 Å². The quantitative estimate of drug-likeness (QED) is 0.237. The highest BCUT2D eigenvalue weighted by atomic mass is 16.5. The van der Waals surface area contributed by atoms with E-state index in [4.69, 9.17) is 18.9 Å². The molecule has 172 valence electrons. The highest BCUT2D eigenvalue weighted by molar-refractivity contribution is 6.07. The van der Waals surface area contributed by atoms with Gasteiger partial charge in [-0.05, 0) is 54.1 Å². The fourth-order valence-corrected chi connectivity index (χ4v) is 3.62. The van der Waals surface area contributed by atoms with E-state index < -0.39 is 0 Å².